The number of thiocarbonyl (C=S) groups is 1. The van der Waals surface area contributed by atoms with Crippen molar-refractivity contribution in [2.75, 3.05) is 44.0 Å². The van der Waals surface area contributed by atoms with Crippen LogP contribution in [0.3, 0.4) is 0 Å². The van der Waals surface area contributed by atoms with Gasteiger partial charge in [-0.05, 0) is 37.9 Å². The van der Waals surface area contributed by atoms with Gasteiger partial charge in [0.2, 0.25) is 11.8 Å². The largest absolute Gasteiger partial charge is 0.480 e. The van der Waals surface area contributed by atoms with E-state index in [1.54, 1.807) is 13.3 Å². The summed E-state index contributed by atoms with van der Waals surface area (Å²) >= 11 is 5.24. The monoisotopic (exact) mass is 379 g/mol. The Morgan fingerprint density at radius 3 is 2.92 bits per heavy atom. The van der Waals surface area contributed by atoms with Gasteiger partial charge in [0.25, 0.3) is 0 Å². The number of anilines is 2. The van der Waals surface area contributed by atoms with Crippen LogP contribution in [-0.2, 0) is 4.74 Å². The summed E-state index contributed by atoms with van der Waals surface area (Å²) in [4.78, 5) is 10.7. The number of hydrogen-bond acceptors (Lipinski definition) is 8. The molecule has 0 aromatic carbocycles. The third kappa shape index (κ3) is 4.70. The van der Waals surface area contributed by atoms with E-state index in [1.165, 1.54) is 0 Å². The summed E-state index contributed by atoms with van der Waals surface area (Å²) in [6, 6.07) is 0. The second kappa shape index (κ2) is 8.95. The zero-order valence-electron chi connectivity index (χ0n) is 14.9. The van der Waals surface area contributed by atoms with Gasteiger partial charge in [-0.25, -0.2) is 0 Å². The van der Waals surface area contributed by atoms with Crippen molar-refractivity contribution in [3.63, 3.8) is 0 Å². The van der Waals surface area contributed by atoms with Crippen molar-refractivity contribution in [2.45, 2.75) is 31.8 Å². The molecule has 1 aromatic rings. The average molecular weight is 379 g/mol. The number of hydrogen-bond donors (Lipinski definition) is 3. The highest BCUT2D eigenvalue weighted by atomic mass is 32.1. The SMILES string of the molecule is COc1nc(N)nc(N2CCCC2)c1/C=N/NC(=S)NCC1CCCO1. The molecule has 3 rings (SSSR count). The Morgan fingerprint density at radius 1 is 1.42 bits per heavy atom. The van der Waals surface area contributed by atoms with Crippen LogP contribution in [0.5, 0.6) is 5.88 Å². The fourth-order valence-electron chi connectivity index (χ4n) is 3.10. The summed E-state index contributed by atoms with van der Waals surface area (Å²) in [5.41, 5.74) is 9.31. The summed E-state index contributed by atoms with van der Waals surface area (Å²) in [6.45, 7) is 3.35. The predicted octanol–water partition coefficient (Wildman–Crippen LogP) is 0.645. The van der Waals surface area contributed by atoms with Crippen LogP contribution in [0.4, 0.5) is 11.8 Å². The Kier molecular flexibility index (Phi) is 6.40. The van der Waals surface area contributed by atoms with Gasteiger partial charge in [0.15, 0.2) is 5.11 Å². The lowest BCUT2D eigenvalue weighted by Crippen LogP contribution is -2.37. The standard InChI is InChI=1S/C16H25N7O2S/c1-24-14-12(13(20-15(17)21-14)23-6-2-3-7-23)10-19-22-16(26)18-9-11-5-4-8-25-11/h10-11H,2-9H2,1H3,(H2,17,20,21)(H2,18,22,26)/b19-10+. The van der Waals surface area contributed by atoms with Crippen molar-refractivity contribution in [1.29, 1.82) is 0 Å². The van der Waals surface area contributed by atoms with Crippen LogP contribution in [0.1, 0.15) is 31.2 Å². The lowest BCUT2D eigenvalue weighted by Gasteiger charge is -2.20. The van der Waals surface area contributed by atoms with Crippen LogP contribution in [0.25, 0.3) is 0 Å². The third-order valence-electron chi connectivity index (χ3n) is 4.38. The molecule has 0 amide bonds. The van der Waals surface area contributed by atoms with Gasteiger partial charge < -0.3 is 25.4 Å². The zero-order valence-corrected chi connectivity index (χ0v) is 15.7. The van der Waals surface area contributed by atoms with E-state index in [-0.39, 0.29) is 12.1 Å². The minimum Gasteiger partial charge on any atom is -0.480 e. The van der Waals surface area contributed by atoms with Crippen molar-refractivity contribution >= 4 is 35.3 Å². The molecule has 0 saturated carbocycles. The first-order valence-electron chi connectivity index (χ1n) is 8.82. The number of ether oxygens (including phenoxy) is 2. The number of aromatic nitrogens is 2. The smallest absolute Gasteiger partial charge is 0.229 e. The first kappa shape index (κ1) is 18.6. The minimum absolute atomic E-state index is 0.183. The summed E-state index contributed by atoms with van der Waals surface area (Å²) in [6.07, 6.45) is 6.23. The molecule has 2 saturated heterocycles. The first-order valence-corrected chi connectivity index (χ1v) is 9.23. The summed E-state index contributed by atoms with van der Waals surface area (Å²) in [5, 5.41) is 7.76. The topological polar surface area (TPSA) is 110 Å². The number of hydrazone groups is 1. The molecular formula is C16H25N7O2S. The van der Waals surface area contributed by atoms with E-state index >= 15 is 0 Å². The van der Waals surface area contributed by atoms with E-state index < -0.39 is 0 Å². The van der Waals surface area contributed by atoms with Gasteiger partial charge in [-0.2, -0.15) is 15.1 Å². The van der Waals surface area contributed by atoms with Crippen molar-refractivity contribution in [3.05, 3.63) is 5.56 Å². The molecule has 2 fully saturated rings. The number of methoxy groups -OCH3 is 1. The average Bonchev–Trinajstić information content (AvgIpc) is 3.34. The molecule has 1 unspecified atom stereocenters. The molecule has 26 heavy (non-hydrogen) atoms. The Labute approximate surface area is 158 Å². The highest BCUT2D eigenvalue weighted by Crippen LogP contribution is 2.27. The Morgan fingerprint density at radius 2 is 2.23 bits per heavy atom. The molecule has 0 aliphatic carbocycles. The Hall–Kier alpha value is -2.20. The number of rotatable bonds is 6. The van der Waals surface area contributed by atoms with Crippen molar-refractivity contribution in [2.24, 2.45) is 5.10 Å². The Bertz CT molecular complexity index is 658. The molecular weight excluding hydrogens is 354 g/mol. The van der Waals surface area contributed by atoms with E-state index in [0.717, 1.165) is 51.2 Å². The van der Waals surface area contributed by atoms with Gasteiger partial charge in [-0.1, -0.05) is 0 Å². The predicted molar refractivity (Wildman–Crippen MR) is 105 cm³/mol. The fourth-order valence-corrected chi connectivity index (χ4v) is 3.24. The van der Waals surface area contributed by atoms with E-state index in [0.29, 0.717) is 23.1 Å². The third-order valence-corrected chi connectivity index (χ3v) is 4.62. The molecule has 2 aliphatic heterocycles. The molecule has 1 aromatic heterocycles. The highest BCUT2D eigenvalue weighted by molar-refractivity contribution is 7.80. The van der Waals surface area contributed by atoms with Gasteiger partial charge in [-0.3, -0.25) is 5.43 Å². The van der Waals surface area contributed by atoms with Crippen LogP contribution in [0.2, 0.25) is 0 Å². The van der Waals surface area contributed by atoms with Crippen LogP contribution < -0.4 is 26.1 Å². The number of nitrogens with one attached hydrogen (secondary N) is 2. The summed E-state index contributed by atoms with van der Waals surface area (Å²) < 4.78 is 10.9. The molecule has 3 heterocycles. The molecule has 0 bridgehead atoms. The van der Waals surface area contributed by atoms with E-state index in [2.05, 4.69) is 30.7 Å². The lowest BCUT2D eigenvalue weighted by atomic mass is 10.2. The van der Waals surface area contributed by atoms with E-state index in [4.69, 9.17) is 27.4 Å². The van der Waals surface area contributed by atoms with Crippen molar-refractivity contribution in [1.82, 2.24) is 20.7 Å². The number of nitrogens with two attached hydrogens (primary N) is 1. The van der Waals surface area contributed by atoms with Crippen LogP contribution in [0.15, 0.2) is 5.10 Å². The van der Waals surface area contributed by atoms with E-state index in [9.17, 15) is 0 Å². The van der Waals surface area contributed by atoms with Gasteiger partial charge in [0, 0.05) is 26.2 Å². The van der Waals surface area contributed by atoms with Crippen molar-refractivity contribution < 1.29 is 9.47 Å². The summed E-state index contributed by atoms with van der Waals surface area (Å²) in [5.74, 6) is 1.31. The van der Waals surface area contributed by atoms with Gasteiger partial charge in [0.1, 0.15) is 5.82 Å². The van der Waals surface area contributed by atoms with Crippen LogP contribution in [0, 0.1) is 0 Å². The maximum Gasteiger partial charge on any atom is 0.229 e. The van der Waals surface area contributed by atoms with Crippen LogP contribution in [-0.4, -0.2) is 60.7 Å². The first-order chi connectivity index (χ1) is 12.7. The highest BCUT2D eigenvalue weighted by Gasteiger charge is 2.21. The number of nitrogen functional groups attached to an aromatic ring is 1. The molecule has 10 heteroatoms. The summed E-state index contributed by atoms with van der Waals surface area (Å²) in [7, 11) is 1.55. The normalized spacial score (nSPS) is 19.9. The minimum atomic E-state index is 0.183. The second-order valence-corrected chi connectivity index (χ2v) is 6.65. The molecule has 142 valence electrons. The van der Waals surface area contributed by atoms with Gasteiger partial charge in [-0.15, -0.1) is 0 Å². The lowest BCUT2D eigenvalue weighted by molar-refractivity contribution is 0.114. The maximum absolute atomic E-state index is 5.82. The fraction of sp³-hybridized carbons (Fsp3) is 0.625. The quantitative estimate of drug-likeness (QED) is 0.373. The molecule has 0 radical (unpaired) electrons. The molecule has 4 N–H and O–H groups in total. The van der Waals surface area contributed by atoms with Crippen LogP contribution >= 0.6 is 12.2 Å². The molecule has 1 atom stereocenters. The molecule has 0 spiro atoms. The van der Waals surface area contributed by atoms with Crippen molar-refractivity contribution in [3.8, 4) is 5.88 Å². The molecule has 2 aliphatic rings. The number of nitrogens with zero attached hydrogens (tertiary/aromatic N) is 4. The zero-order chi connectivity index (χ0) is 18.4. The van der Waals surface area contributed by atoms with Gasteiger partial charge >= 0.3 is 0 Å². The Balaban J connectivity index is 1.65. The van der Waals surface area contributed by atoms with E-state index in [1.807, 2.05) is 0 Å². The second-order valence-electron chi connectivity index (χ2n) is 6.24. The maximum atomic E-state index is 5.82. The van der Waals surface area contributed by atoms with Gasteiger partial charge in [0.05, 0.1) is 25.0 Å². The molecule has 9 nitrogen and oxygen atoms in total.